The summed E-state index contributed by atoms with van der Waals surface area (Å²) in [5.41, 5.74) is 0.278. The van der Waals surface area contributed by atoms with Gasteiger partial charge < -0.3 is 11.2 Å². The molecule has 2 aromatic rings. The fourth-order valence-corrected chi connectivity index (χ4v) is 3.04. The molecule has 9 heteroatoms. The third-order valence-electron chi connectivity index (χ3n) is 2.98. The van der Waals surface area contributed by atoms with E-state index in [0.717, 1.165) is 0 Å². The van der Waals surface area contributed by atoms with Gasteiger partial charge in [-0.05, 0) is 45.9 Å². The van der Waals surface area contributed by atoms with E-state index < -0.39 is 0 Å². The number of halogens is 2. The van der Waals surface area contributed by atoms with Crippen molar-refractivity contribution in [2.45, 2.75) is 43.6 Å². The van der Waals surface area contributed by atoms with Gasteiger partial charge in [-0.3, -0.25) is 4.79 Å². The summed E-state index contributed by atoms with van der Waals surface area (Å²) in [7, 11) is 0. The average Bonchev–Trinajstić information content (AvgIpc) is 2.81. The van der Waals surface area contributed by atoms with E-state index in [1.807, 2.05) is 20.8 Å². The molecule has 1 atom stereocenters. The lowest BCUT2D eigenvalue weighted by Crippen LogP contribution is -2.44. The molecule has 0 spiro atoms. The molecule has 6 nitrogen and oxygen atoms in total. The van der Waals surface area contributed by atoms with E-state index in [0.29, 0.717) is 26.6 Å². The molecule has 24 heavy (non-hydrogen) atoms. The second-order valence-electron chi connectivity index (χ2n) is 6.30. The number of rotatable bonds is 4. The van der Waals surface area contributed by atoms with Gasteiger partial charge in [-0.2, -0.15) is 0 Å². The molecule has 2 rings (SSSR count). The molecule has 1 heterocycles. The molecule has 1 aromatic heterocycles. The Morgan fingerprint density at radius 2 is 2.00 bits per heavy atom. The van der Waals surface area contributed by atoms with Crippen molar-refractivity contribution in [1.82, 2.24) is 20.2 Å². The second-order valence-corrected chi connectivity index (χ2v) is 8.45. The molecule has 0 saturated heterocycles. The molecule has 0 aliphatic heterocycles. The highest BCUT2D eigenvalue weighted by molar-refractivity contribution is 8.00. The number of hydrogen-bond donors (Lipinski definition) is 2. The molecule has 0 saturated carbocycles. The van der Waals surface area contributed by atoms with Crippen LogP contribution in [0.5, 0.6) is 0 Å². The predicted octanol–water partition coefficient (Wildman–Crippen LogP) is 3.36. The van der Waals surface area contributed by atoms with Gasteiger partial charge in [0.1, 0.15) is 0 Å². The molecule has 0 bridgehead atoms. The van der Waals surface area contributed by atoms with E-state index in [1.165, 1.54) is 16.4 Å². The van der Waals surface area contributed by atoms with Crippen LogP contribution < -0.4 is 11.2 Å². The zero-order valence-electron chi connectivity index (χ0n) is 13.8. The highest BCUT2D eigenvalue weighted by Crippen LogP contribution is 2.31. The number of nitrogens with two attached hydrogens (primary N) is 1. The van der Waals surface area contributed by atoms with Crippen molar-refractivity contribution in [1.29, 1.82) is 0 Å². The van der Waals surface area contributed by atoms with Crippen LogP contribution in [0.15, 0.2) is 23.4 Å². The van der Waals surface area contributed by atoms with Gasteiger partial charge in [0.15, 0.2) is 5.82 Å². The SMILES string of the molecule is C[C@H](Sc1nnc(-c2cc(Cl)ccc2Cl)n1N)C(=O)NC(C)(C)C. The van der Waals surface area contributed by atoms with Gasteiger partial charge in [-0.15, -0.1) is 10.2 Å². The summed E-state index contributed by atoms with van der Waals surface area (Å²) in [4.78, 5) is 12.2. The molecule has 0 aliphatic carbocycles. The first-order valence-electron chi connectivity index (χ1n) is 7.23. The van der Waals surface area contributed by atoms with E-state index in [9.17, 15) is 4.79 Å². The molecule has 1 amide bonds. The van der Waals surface area contributed by atoms with Crippen molar-refractivity contribution < 1.29 is 4.79 Å². The Morgan fingerprint density at radius 3 is 2.62 bits per heavy atom. The Morgan fingerprint density at radius 1 is 1.33 bits per heavy atom. The summed E-state index contributed by atoms with van der Waals surface area (Å²) in [6, 6.07) is 5.01. The number of nitrogen functional groups attached to an aromatic ring is 1. The summed E-state index contributed by atoms with van der Waals surface area (Å²) in [6.07, 6.45) is 0. The van der Waals surface area contributed by atoms with Crippen molar-refractivity contribution >= 4 is 40.9 Å². The number of nitrogens with zero attached hydrogens (tertiary/aromatic N) is 3. The van der Waals surface area contributed by atoms with E-state index in [4.69, 9.17) is 29.0 Å². The molecule has 0 aliphatic rings. The quantitative estimate of drug-likeness (QED) is 0.620. The number of carbonyl (C=O) groups excluding carboxylic acids is 1. The lowest BCUT2D eigenvalue weighted by Gasteiger charge is -2.22. The third-order valence-corrected chi connectivity index (χ3v) is 4.60. The number of hydrogen-bond acceptors (Lipinski definition) is 5. The molecule has 1 aromatic carbocycles. The molecule has 0 unspecified atom stereocenters. The first-order chi connectivity index (χ1) is 11.1. The molecular weight excluding hydrogens is 369 g/mol. The van der Waals surface area contributed by atoms with Crippen LogP contribution in [0.4, 0.5) is 0 Å². The summed E-state index contributed by atoms with van der Waals surface area (Å²) < 4.78 is 1.31. The highest BCUT2D eigenvalue weighted by Gasteiger charge is 2.23. The first-order valence-corrected chi connectivity index (χ1v) is 8.86. The number of nitrogens with one attached hydrogen (secondary N) is 1. The van der Waals surface area contributed by atoms with E-state index >= 15 is 0 Å². The minimum absolute atomic E-state index is 0.0992. The maximum Gasteiger partial charge on any atom is 0.233 e. The van der Waals surface area contributed by atoms with Gasteiger partial charge in [0.2, 0.25) is 11.1 Å². The van der Waals surface area contributed by atoms with E-state index in [-0.39, 0.29) is 16.7 Å². The van der Waals surface area contributed by atoms with Gasteiger partial charge in [0.05, 0.1) is 10.3 Å². The van der Waals surface area contributed by atoms with Crippen LogP contribution in [-0.2, 0) is 4.79 Å². The van der Waals surface area contributed by atoms with Crippen LogP contribution in [0.25, 0.3) is 11.4 Å². The molecule has 0 radical (unpaired) electrons. The summed E-state index contributed by atoms with van der Waals surface area (Å²) in [5.74, 6) is 6.35. The van der Waals surface area contributed by atoms with Crippen molar-refractivity contribution in [2.75, 3.05) is 5.84 Å². The minimum Gasteiger partial charge on any atom is -0.351 e. The van der Waals surface area contributed by atoms with Crippen molar-refractivity contribution in [3.63, 3.8) is 0 Å². The Kier molecular flexibility index (Phi) is 5.67. The number of carbonyl (C=O) groups is 1. The second kappa shape index (κ2) is 7.21. The Balaban J connectivity index is 2.21. The fraction of sp³-hybridized carbons (Fsp3) is 0.400. The molecular formula is C15H19Cl2N5OS. The standard InChI is InChI=1S/C15H19Cl2N5OS/c1-8(13(23)19-15(2,3)4)24-14-21-20-12(22(14)18)10-7-9(16)5-6-11(10)17/h5-8H,18H2,1-4H3,(H,19,23)/t8-/m0/s1. The van der Waals surface area contributed by atoms with Crippen LogP contribution in [-0.4, -0.2) is 31.6 Å². The number of thioether (sulfide) groups is 1. The minimum atomic E-state index is -0.376. The van der Waals surface area contributed by atoms with E-state index in [1.54, 1.807) is 25.1 Å². The number of aromatic nitrogens is 3. The topological polar surface area (TPSA) is 85.8 Å². The van der Waals surface area contributed by atoms with Crippen LogP contribution in [0.1, 0.15) is 27.7 Å². The van der Waals surface area contributed by atoms with Gasteiger partial charge in [-0.1, -0.05) is 35.0 Å². The lowest BCUT2D eigenvalue weighted by atomic mass is 10.1. The lowest BCUT2D eigenvalue weighted by molar-refractivity contribution is -0.121. The summed E-state index contributed by atoms with van der Waals surface area (Å²) in [5, 5.41) is 12.1. The van der Waals surface area contributed by atoms with Crippen molar-refractivity contribution in [3.8, 4) is 11.4 Å². The average molecular weight is 388 g/mol. The highest BCUT2D eigenvalue weighted by atomic mass is 35.5. The molecule has 0 fully saturated rings. The summed E-state index contributed by atoms with van der Waals surface area (Å²) in [6.45, 7) is 7.55. The summed E-state index contributed by atoms with van der Waals surface area (Å²) >= 11 is 13.4. The zero-order valence-corrected chi connectivity index (χ0v) is 16.1. The fourth-order valence-electron chi connectivity index (χ4n) is 1.89. The van der Waals surface area contributed by atoms with Crippen LogP contribution in [0.3, 0.4) is 0 Å². The Hall–Kier alpha value is -1.44. The van der Waals surface area contributed by atoms with Crippen LogP contribution in [0.2, 0.25) is 10.0 Å². The molecule has 3 N–H and O–H groups in total. The van der Waals surface area contributed by atoms with Gasteiger partial charge >= 0.3 is 0 Å². The Bertz CT molecular complexity index is 757. The van der Waals surface area contributed by atoms with Gasteiger partial charge in [0.25, 0.3) is 0 Å². The third kappa shape index (κ3) is 4.55. The van der Waals surface area contributed by atoms with Crippen LogP contribution >= 0.6 is 35.0 Å². The van der Waals surface area contributed by atoms with E-state index in [2.05, 4.69) is 15.5 Å². The van der Waals surface area contributed by atoms with Gasteiger partial charge in [-0.25, -0.2) is 4.68 Å². The monoisotopic (exact) mass is 387 g/mol. The van der Waals surface area contributed by atoms with Gasteiger partial charge in [0, 0.05) is 16.1 Å². The number of benzene rings is 1. The smallest absolute Gasteiger partial charge is 0.233 e. The molecule has 130 valence electrons. The predicted molar refractivity (Wildman–Crippen MR) is 98.8 cm³/mol. The first kappa shape index (κ1) is 18.9. The van der Waals surface area contributed by atoms with Crippen molar-refractivity contribution in [2.24, 2.45) is 0 Å². The maximum absolute atomic E-state index is 12.2. The Labute approximate surface area is 155 Å². The number of amides is 1. The van der Waals surface area contributed by atoms with Crippen LogP contribution in [0, 0.1) is 0 Å². The maximum atomic E-state index is 12.2. The zero-order chi connectivity index (χ0) is 18.1. The largest absolute Gasteiger partial charge is 0.351 e. The van der Waals surface area contributed by atoms with Crippen molar-refractivity contribution in [3.05, 3.63) is 28.2 Å². The normalized spacial score (nSPS) is 12.9.